The van der Waals surface area contributed by atoms with Crippen LogP contribution in [0.15, 0.2) is 18.2 Å². The minimum atomic E-state index is 0.700. The summed E-state index contributed by atoms with van der Waals surface area (Å²) in [6.07, 6.45) is 2.38. The van der Waals surface area contributed by atoms with Gasteiger partial charge in [0, 0.05) is 6.54 Å². The maximum absolute atomic E-state index is 5.48. The standard InChI is InChI=1S/C13H18N2OS/c1-3-5-8-14-13-15-11-7-6-10(16-4-2)9-12(11)17-13/h6-7,9H,3-5,8H2,1-2H3,(H,14,15). The topological polar surface area (TPSA) is 34.2 Å². The lowest BCUT2D eigenvalue weighted by atomic mass is 10.3. The van der Waals surface area contributed by atoms with Gasteiger partial charge in [0.05, 0.1) is 16.8 Å². The number of anilines is 1. The smallest absolute Gasteiger partial charge is 0.183 e. The highest BCUT2D eigenvalue weighted by atomic mass is 32.1. The monoisotopic (exact) mass is 250 g/mol. The third kappa shape index (κ3) is 3.09. The second-order valence-corrected chi connectivity index (χ2v) is 4.89. The van der Waals surface area contributed by atoms with Crippen molar-refractivity contribution in [1.29, 1.82) is 0 Å². The number of fused-ring (bicyclic) bond motifs is 1. The number of hydrogen-bond acceptors (Lipinski definition) is 4. The molecule has 0 radical (unpaired) electrons. The molecule has 3 nitrogen and oxygen atoms in total. The molecule has 2 aromatic rings. The molecule has 0 aliphatic rings. The maximum Gasteiger partial charge on any atom is 0.183 e. The first-order valence-electron chi connectivity index (χ1n) is 6.10. The Labute approximate surface area is 106 Å². The minimum absolute atomic E-state index is 0.700. The molecule has 1 aromatic heterocycles. The number of hydrogen-bond donors (Lipinski definition) is 1. The summed E-state index contributed by atoms with van der Waals surface area (Å²) in [5, 5.41) is 4.35. The Morgan fingerprint density at radius 1 is 1.35 bits per heavy atom. The number of ether oxygens (including phenoxy) is 1. The molecular formula is C13H18N2OS. The van der Waals surface area contributed by atoms with Crippen LogP contribution in [0.3, 0.4) is 0 Å². The molecular weight excluding hydrogens is 232 g/mol. The zero-order valence-corrected chi connectivity index (χ0v) is 11.1. The van der Waals surface area contributed by atoms with E-state index in [9.17, 15) is 0 Å². The van der Waals surface area contributed by atoms with Crippen molar-refractivity contribution in [2.45, 2.75) is 26.7 Å². The summed E-state index contributed by atoms with van der Waals surface area (Å²) in [7, 11) is 0. The Morgan fingerprint density at radius 3 is 3.00 bits per heavy atom. The molecule has 0 aliphatic carbocycles. The van der Waals surface area contributed by atoms with Crippen molar-refractivity contribution < 1.29 is 4.74 Å². The summed E-state index contributed by atoms with van der Waals surface area (Å²) >= 11 is 1.69. The van der Waals surface area contributed by atoms with E-state index in [0.717, 1.165) is 22.9 Å². The van der Waals surface area contributed by atoms with Crippen molar-refractivity contribution in [3.63, 3.8) is 0 Å². The van der Waals surface area contributed by atoms with Crippen LogP contribution in [-0.4, -0.2) is 18.1 Å². The van der Waals surface area contributed by atoms with Crippen LogP contribution < -0.4 is 10.1 Å². The van der Waals surface area contributed by atoms with Gasteiger partial charge in [0.15, 0.2) is 5.13 Å². The van der Waals surface area contributed by atoms with Gasteiger partial charge in [-0.15, -0.1) is 0 Å². The van der Waals surface area contributed by atoms with E-state index in [2.05, 4.69) is 23.3 Å². The Morgan fingerprint density at radius 2 is 2.24 bits per heavy atom. The predicted molar refractivity (Wildman–Crippen MR) is 74.2 cm³/mol. The molecule has 0 aliphatic heterocycles. The van der Waals surface area contributed by atoms with Gasteiger partial charge in [-0.2, -0.15) is 0 Å². The number of benzene rings is 1. The minimum Gasteiger partial charge on any atom is -0.494 e. The van der Waals surface area contributed by atoms with E-state index in [4.69, 9.17) is 4.74 Å². The van der Waals surface area contributed by atoms with E-state index < -0.39 is 0 Å². The lowest BCUT2D eigenvalue weighted by Crippen LogP contribution is -1.99. The Kier molecular flexibility index (Phi) is 4.20. The summed E-state index contributed by atoms with van der Waals surface area (Å²) < 4.78 is 6.66. The van der Waals surface area contributed by atoms with Crippen LogP contribution in [0.4, 0.5) is 5.13 Å². The average molecular weight is 250 g/mol. The molecule has 0 bridgehead atoms. The van der Waals surface area contributed by atoms with Crippen molar-refractivity contribution >= 4 is 26.7 Å². The van der Waals surface area contributed by atoms with E-state index in [1.54, 1.807) is 11.3 Å². The van der Waals surface area contributed by atoms with Gasteiger partial charge in [0.2, 0.25) is 0 Å². The summed E-state index contributed by atoms with van der Waals surface area (Å²) in [5.41, 5.74) is 1.04. The molecule has 0 saturated heterocycles. The quantitative estimate of drug-likeness (QED) is 0.789. The van der Waals surface area contributed by atoms with Crippen molar-refractivity contribution in [2.75, 3.05) is 18.5 Å². The van der Waals surface area contributed by atoms with Crippen LogP contribution in [0, 0.1) is 0 Å². The van der Waals surface area contributed by atoms with Gasteiger partial charge < -0.3 is 10.1 Å². The fourth-order valence-electron chi connectivity index (χ4n) is 1.61. The van der Waals surface area contributed by atoms with Crippen molar-refractivity contribution in [2.24, 2.45) is 0 Å². The lowest BCUT2D eigenvalue weighted by molar-refractivity contribution is 0.341. The van der Waals surface area contributed by atoms with E-state index in [1.165, 1.54) is 17.5 Å². The van der Waals surface area contributed by atoms with Crippen molar-refractivity contribution in [3.8, 4) is 5.75 Å². The highest BCUT2D eigenvalue weighted by Crippen LogP contribution is 2.29. The third-order valence-corrected chi connectivity index (χ3v) is 3.45. The van der Waals surface area contributed by atoms with Crippen molar-refractivity contribution in [3.05, 3.63) is 18.2 Å². The Balaban J connectivity index is 2.12. The van der Waals surface area contributed by atoms with E-state index in [0.29, 0.717) is 6.61 Å². The van der Waals surface area contributed by atoms with Crippen LogP contribution in [0.5, 0.6) is 5.75 Å². The molecule has 0 atom stereocenters. The first-order valence-corrected chi connectivity index (χ1v) is 6.92. The van der Waals surface area contributed by atoms with Gasteiger partial charge in [-0.1, -0.05) is 24.7 Å². The summed E-state index contributed by atoms with van der Waals surface area (Å²) in [4.78, 5) is 4.54. The number of thiazole rings is 1. The normalized spacial score (nSPS) is 10.7. The molecule has 17 heavy (non-hydrogen) atoms. The SMILES string of the molecule is CCCCNc1nc2ccc(OCC)cc2s1. The summed E-state index contributed by atoms with van der Waals surface area (Å²) in [5.74, 6) is 0.920. The first kappa shape index (κ1) is 12.2. The van der Waals surface area contributed by atoms with Gasteiger partial charge >= 0.3 is 0 Å². The molecule has 1 N–H and O–H groups in total. The predicted octanol–water partition coefficient (Wildman–Crippen LogP) is 3.91. The number of nitrogens with zero attached hydrogens (tertiary/aromatic N) is 1. The number of nitrogens with one attached hydrogen (secondary N) is 1. The van der Waals surface area contributed by atoms with Gasteiger partial charge in [-0.25, -0.2) is 4.98 Å². The van der Waals surface area contributed by atoms with Crippen LogP contribution >= 0.6 is 11.3 Å². The molecule has 1 heterocycles. The molecule has 1 aromatic carbocycles. The zero-order valence-electron chi connectivity index (χ0n) is 10.3. The number of rotatable bonds is 6. The zero-order chi connectivity index (χ0) is 12.1. The van der Waals surface area contributed by atoms with Crippen molar-refractivity contribution in [1.82, 2.24) is 4.98 Å². The summed E-state index contributed by atoms with van der Waals surface area (Å²) in [6, 6.07) is 6.05. The average Bonchev–Trinajstić information content (AvgIpc) is 2.72. The first-order chi connectivity index (χ1) is 8.33. The van der Waals surface area contributed by atoms with Crippen LogP contribution in [-0.2, 0) is 0 Å². The van der Waals surface area contributed by atoms with Crippen LogP contribution in [0.25, 0.3) is 10.2 Å². The molecule has 0 unspecified atom stereocenters. The fourth-order valence-corrected chi connectivity index (χ4v) is 2.53. The van der Waals surface area contributed by atoms with Gasteiger partial charge in [-0.05, 0) is 31.5 Å². The lowest BCUT2D eigenvalue weighted by Gasteiger charge is -2.00. The molecule has 2 rings (SSSR count). The van der Waals surface area contributed by atoms with Crippen LogP contribution in [0.1, 0.15) is 26.7 Å². The maximum atomic E-state index is 5.48. The third-order valence-electron chi connectivity index (χ3n) is 2.48. The fraction of sp³-hybridized carbons (Fsp3) is 0.462. The van der Waals surface area contributed by atoms with Gasteiger partial charge in [-0.3, -0.25) is 0 Å². The van der Waals surface area contributed by atoms with Gasteiger partial charge in [0.25, 0.3) is 0 Å². The number of unbranched alkanes of at least 4 members (excludes halogenated alkanes) is 1. The van der Waals surface area contributed by atoms with E-state index in [1.807, 2.05) is 19.1 Å². The van der Waals surface area contributed by atoms with Gasteiger partial charge in [0.1, 0.15) is 5.75 Å². The highest BCUT2D eigenvalue weighted by molar-refractivity contribution is 7.22. The van der Waals surface area contributed by atoms with Crippen LogP contribution in [0.2, 0.25) is 0 Å². The molecule has 0 spiro atoms. The highest BCUT2D eigenvalue weighted by Gasteiger charge is 2.04. The Bertz CT molecular complexity index is 481. The summed E-state index contributed by atoms with van der Waals surface area (Å²) in [6.45, 7) is 5.88. The molecule has 4 heteroatoms. The molecule has 0 fully saturated rings. The Hall–Kier alpha value is -1.29. The second-order valence-electron chi connectivity index (χ2n) is 3.86. The largest absolute Gasteiger partial charge is 0.494 e. The second kappa shape index (κ2) is 5.87. The molecule has 0 amide bonds. The van der Waals surface area contributed by atoms with E-state index >= 15 is 0 Å². The van der Waals surface area contributed by atoms with E-state index in [-0.39, 0.29) is 0 Å². The number of aromatic nitrogens is 1. The molecule has 0 saturated carbocycles. The molecule has 92 valence electrons.